The minimum absolute atomic E-state index is 0. The van der Waals surface area contributed by atoms with Gasteiger partial charge in [-0.25, -0.2) is 0 Å². The summed E-state index contributed by atoms with van der Waals surface area (Å²) in [6.07, 6.45) is 2.88. The Morgan fingerprint density at radius 2 is 1.56 bits per heavy atom. The van der Waals surface area contributed by atoms with E-state index in [0.717, 1.165) is 0 Å². The van der Waals surface area contributed by atoms with Crippen molar-refractivity contribution >= 4 is 11.6 Å². The number of ketones is 2. The molecule has 2 nitrogen and oxygen atoms in total. The van der Waals surface area contributed by atoms with E-state index in [-0.39, 0.29) is 39.1 Å². The van der Waals surface area contributed by atoms with Crippen molar-refractivity contribution in [2.75, 3.05) is 0 Å². The molecule has 0 radical (unpaired) electrons. The zero-order valence-electron chi connectivity index (χ0n) is 4.92. The quantitative estimate of drug-likeness (QED) is 0.482. The number of hydrogen-bond acceptors (Lipinski definition) is 2. The number of Topliss-reactive ketones (excluding diaryl/α,β-unsaturated/α-hetero) is 2. The molecule has 0 bridgehead atoms. The number of carbonyl (C=O) groups is 2. The van der Waals surface area contributed by atoms with E-state index in [9.17, 15) is 9.59 Å². The second-order valence-corrected chi connectivity index (χ2v) is 1.95. The van der Waals surface area contributed by atoms with Crippen molar-refractivity contribution in [3.63, 3.8) is 0 Å². The summed E-state index contributed by atoms with van der Waals surface area (Å²) in [7, 11) is 0. The molecule has 0 aromatic carbocycles. The van der Waals surface area contributed by atoms with E-state index in [1.165, 1.54) is 0 Å². The minimum atomic E-state index is 0. The smallest absolute Gasteiger partial charge is 0.110 e. The number of rotatable bonds is 0. The van der Waals surface area contributed by atoms with Crippen LogP contribution in [0, 0.1) is 6.42 Å². The van der Waals surface area contributed by atoms with Gasteiger partial charge in [0.05, 0.1) is 6.42 Å². The van der Waals surface area contributed by atoms with Crippen LogP contribution in [0.5, 0.6) is 0 Å². The molecule has 0 aliphatic heterocycles. The maximum absolute atomic E-state index is 10.4. The van der Waals surface area contributed by atoms with Crippen molar-refractivity contribution in [1.29, 1.82) is 0 Å². The second-order valence-electron chi connectivity index (χ2n) is 1.95. The predicted octanol–water partition coefficient (Wildman–Crippen LogP) is 0.510. The second kappa shape index (κ2) is 3.94. The van der Waals surface area contributed by atoms with Gasteiger partial charge in [0.1, 0.15) is 11.6 Å². The van der Waals surface area contributed by atoms with Gasteiger partial charge < -0.3 is 16.0 Å². The van der Waals surface area contributed by atoms with Gasteiger partial charge in [-0.15, -0.1) is 12.8 Å². The van der Waals surface area contributed by atoms with E-state index in [1.54, 1.807) is 6.42 Å². The molecular weight excluding hydrogens is 288 g/mol. The van der Waals surface area contributed by atoms with Crippen LogP contribution in [0.3, 0.4) is 0 Å². The van der Waals surface area contributed by atoms with E-state index >= 15 is 0 Å². The van der Waals surface area contributed by atoms with E-state index in [4.69, 9.17) is 0 Å². The van der Waals surface area contributed by atoms with Crippen molar-refractivity contribution in [1.82, 2.24) is 0 Å². The zero-order valence-corrected chi connectivity index (χ0v) is 7.86. The molecule has 1 fully saturated rings. The third-order valence-electron chi connectivity index (χ3n) is 1.14. The van der Waals surface area contributed by atoms with Crippen LogP contribution in [0.2, 0.25) is 0 Å². The molecule has 50 valence electrons. The van der Waals surface area contributed by atoms with E-state index in [1.807, 2.05) is 0 Å². The Hall–Kier alpha value is 0.0283. The standard InChI is InChI=1S/C6H7O2.W/c7-5-2-1-3-6(8)4-5;/h1H,2-4H2;/q-1;. The largest absolute Gasteiger partial charge is 0.314 e. The summed E-state index contributed by atoms with van der Waals surface area (Å²) in [5.41, 5.74) is 0. The van der Waals surface area contributed by atoms with Crippen molar-refractivity contribution in [2.24, 2.45) is 0 Å². The first-order valence-electron chi connectivity index (χ1n) is 2.64. The summed E-state index contributed by atoms with van der Waals surface area (Å²) in [6, 6.07) is 0. The Morgan fingerprint density at radius 3 is 1.78 bits per heavy atom. The Bertz CT molecular complexity index is 117. The van der Waals surface area contributed by atoms with E-state index < -0.39 is 0 Å². The average Bonchev–Trinajstić information content (AvgIpc) is 1.64. The van der Waals surface area contributed by atoms with Crippen LogP contribution < -0.4 is 0 Å². The maximum atomic E-state index is 10.4. The Kier molecular flexibility index (Phi) is 3.96. The van der Waals surface area contributed by atoms with Crippen molar-refractivity contribution in [2.45, 2.75) is 19.3 Å². The molecule has 1 aliphatic carbocycles. The van der Waals surface area contributed by atoms with Gasteiger partial charge in [-0.2, -0.15) is 0 Å². The summed E-state index contributed by atoms with van der Waals surface area (Å²) in [4.78, 5) is 20.8. The van der Waals surface area contributed by atoms with Gasteiger partial charge in [0.2, 0.25) is 0 Å². The molecule has 3 heteroatoms. The summed E-state index contributed by atoms with van der Waals surface area (Å²) in [5.74, 6) is 0.113. The van der Waals surface area contributed by atoms with Gasteiger partial charge >= 0.3 is 0 Å². The molecule has 0 spiro atoms. The fourth-order valence-electron chi connectivity index (χ4n) is 0.758. The normalized spacial score (nSPS) is 19.1. The molecule has 1 rings (SSSR count). The van der Waals surface area contributed by atoms with Crippen LogP contribution in [-0.2, 0) is 30.7 Å². The molecule has 0 N–H and O–H groups in total. The van der Waals surface area contributed by atoms with Gasteiger partial charge in [-0.3, -0.25) is 0 Å². The summed E-state index contributed by atoms with van der Waals surface area (Å²) < 4.78 is 0. The molecule has 0 atom stereocenters. The van der Waals surface area contributed by atoms with Gasteiger partial charge in [0.15, 0.2) is 0 Å². The molecular formula is C6H7O2W-. The zero-order chi connectivity index (χ0) is 5.98. The Morgan fingerprint density at radius 1 is 1.11 bits per heavy atom. The van der Waals surface area contributed by atoms with Gasteiger partial charge in [-0.05, 0) is 0 Å². The van der Waals surface area contributed by atoms with Crippen molar-refractivity contribution in [3.05, 3.63) is 6.42 Å². The Labute approximate surface area is 68.3 Å². The van der Waals surface area contributed by atoms with Gasteiger partial charge in [-0.1, -0.05) is 0 Å². The van der Waals surface area contributed by atoms with Crippen LogP contribution in [0.25, 0.3) is 0 Å². The monoisotopic (exact) mass is 295 g/mol. The van der Waals surface area contributed by atoms with Gasteiger partial charge in [0.25, 0.3) is 0 Å². The topological polar surface area (TPSA) is 34.1 Å². The van der Waals surface area contributed by atoms with Crippen LogP contribution in [0.15, 0.2) is 0 Å². The molecule has 0 heterocycles. The average molecular weight is 295 g/mol. The molecule has 0 unspecified atom stereocenters. The first-order chi connectivity index (χ1) is 3.79. The Balaban J connectivity index is 0.000000640. The third kappa shape index (κ3) is 2.90. The fourth-order valence-corrected chi connectivity index (χ4v) is 0.758. The molecule has 0 aromatic heterocycles. The fraction of sp³-hybridized carbons (Fsp3) is 0.500. The molecule has 1 saturated carbocycles. The molecule has 9 heavy (non-hydrogen) atoms. The molecule has 0 amide bonds. The predicted molar refractivity (Wildman–Crippen MR) is 28.2 cm³/mol. The van der Waals surface area contributed by atoms with Crippen molar-refractivity contribution in [3.8, 4) is 0 Å². The first kappa shape index (κ1) is 9.03. The van der Waals surface area contributed by atoms with Crippen molar-refractivity contribution < 1.29 is 30.7 Å². The van der Waals surface area contributed by atoms with Crippen LogP contribution in [0.1, 0.15) is 19.3 Å². The van der Waals surface area contributed by atoms with E-state index in [0.29, 0.717) is 12.8 Å². The van der Waals surface area contributed by atoms with Crippen LogP contribution >= 0.6 is 0 Å². The maximum Gasteiger partial charge on any atom is 0.110 e. The molecule has 0 aromatic rings. The molecule has 1 aliphatic rings. The minimum Gasteiger partial charge on any atom is -0.314 e. The van der Waals surface area contributed by atoms with Crippen LogP contribution in [0.4, 0.5) is 0 Å². The summed E-state index contributed by atoms with van der Waals surface area (Å²) in [6.45, 7) is 0. The first-order valence-corrected chi connectivity index (χ1v) is 2.64. The SMILES string of the molecule is O=C1C[CH-]CC(=O)C1.[W]. The third-order valence-corrected chi connectivity index (χ3v) is 1.14. The summed E-state index contributed by atoms with van der Waals surface area (Å²) in [5, 5.41) is 0. The van der Waals surface area contributed by atoms with Gasteiger partial charge in [0, 0.05) is 21.1 Å². The number of hydrogen-bond donors (Lipinski definition) is 0. The number of carbonyl (C=O) groups excluding carboxylic acids is 2. The molecule has 0 saturated heterocycles. The summed E-state index contributed by atoms with van der Waals surface area (Å²) >= 11 is 0. The van der Waals surface area contributed by atoms with E-state index in [2.05, 4.69) is 0 Å². The van der Waals surface area contributed by atoms with Crippen LogP contribution in [-0.4, -0.2) is 11.6 Å².